The second kappa shape index (κ2) is 6.23. The van der Waals surface area contributed by atoms with Crippen LogP contribution in [0.5, 0.6) is 0 Å². The summed E-state index contributed by atoms with van der Waals surface area (Å²) in [5, 5.41) is 0. The molecule has 106 valence electrons. The van der Waals surface area contributed by atoms with Gasteiger partial charge in [-0.1, -0.05) is 6.92 Å². The number of aryl methyl sites for hydroxylation is 2. The van der Waals surface area contributed by atoms with Gasteiger partial charge in [0.1, 0.15) is 5.69 Å². The standard InChI is InChI=1S/C13H14BrN3O2S/c1-3-8-4-11(20-7(8)2)13(19)17-16-12(18)10-5-9(14)6-15-10/h4-6,15H,3H2,1-2H3,(H,16,18)(H,17,19). The molecule has 20 heavy (non-hydrogen) atoms. The first-order valence-electron chi connectivity index (χ1n) is 6.05. The van der Waals surface area contributed by atoms with Crippen molar-refractivity contribution in [3.63, 3.8) is 0 Å². The molecule has 0 saturated heterocycles. The molecule has 0 radical (unpaired) electrons. The van der Waals surface area contributed by atoms with Crippen LogP contribution in [0.3, 0.4) is 0 Å². The van der Waals surface area contributed by atoms with Crippen molar-refractivity contribution in [2.45, 2.75) is 20.3 Å². The lowest BCUT2D eigenvalue weighted by atomic mass is 10.2. The number of halogens is 1. The maximum absolute atomic E-state index is 11.9. The molecular weight excluding hydrogens is 342 g/mol. The lowest BCUT2D eigenvalue weighted by Crippen LogP contribution is -2.41. The summed E-state index contributed by atoms with van der Waals surface area (Å²) in [5.41, 5.74) is 6.30. The average molecular weight is 356 g/mol. The zero-order valence-corrected chi connectivity index (χ0v) is 13.4. The van der Waals surface area contributed by atoms with Crippen LogP contribution >= 0.6 is 27.3 Å². The van der Waals surface area contributed by atoms with Crippen LogP contribution in [0.1, 0.15) is 37.5 Å². The molecular formula is C13H14BrN3O2S. The molecule has 0 aliphatic rings. The van der Waals surface area contributed by atoms with Crippen LogP contribution < -0.4 is 10.9 Å². The molecule has 2 aromatic heterocycles. The summed E-state index contributed by atoms with van der Waals surface area (Å²) >= 11 is 4.66. The summed E-state index contributed by atoms with van der Waals surface area (Å²) in [5.74, 6) is -0.704. The van der Waals surface area contributed by atoms with Crippen molar-refractivity contribution in [2.24, 2.45) is 0 Å². The highest BCUT2D eigenvalue weighted by molar-refractivity contribution is 9.10. The SMILES string of the molecule is CCc1cc(C(=O)NNC(=O)c2cc(Br)c[nH]2)sc1C. The molecule has 0 aliphatic heterocycles. The molecule has 2 heterocycles. The Balaban J connectivity index is 1.96. The Morgan fingerprint density at radius 3 is 2.55 bits per heavy atom. The molecule has 2 aromatic rings. The Hall–Kier alpha value is -1.60. The number of rotatable bonds is 3. The minimum Gasteiger partial charge on any atom is -0.356 e. The van der Waals surface area contributed by atoms with Gasteiger partial charge in [0.15, 0.2) is 0 Å². The van der Waals surface area contributed by atoms with Crippen molar-refractivity contribution in [1.29, 1.82) is 0 Å². The van der Waals surface area contributed by atoms with Gasteiger partial charge in [-0.05, 0) is 47.0 Å². The molecule has 2 rings (SSSR count). The van der Waals surface area contributed by atoms with Crippen LogP contribution in [0, 0.1) is 6.92 Å². The van der Waals surface area contributed by atoms with Gasteiger partial charge in [-0.3, -0.25) is 20.4 Å². The second-order valence-corrected chi connectivity index (χ2v) is 6.36. The number of thiophene rings is 1. The van der Waals surface area contributed by atoms with E-state index < -0.39 is 5.91 Å². The molecule has 0 aliphatic carbocycles. The van der Waals surface area contributed by atoms with Crippen molar-refractivity contribution >= 4 is 39.1 Å². The molecule has 2 amide bonds. The highest BCUT2D eigenvalue weighted by Gasteiger charge is 2.13. The average Bonchev–Trinajstić information content (AvgIpc) is 3.01. The summed E-state index contributed by atoms with van der Waals surface area (Å²) < 4.78 is 0.774. The van der Waals surface area contributed by atoms with Crippen LogP contribution in [0.15, 0.2) is 22.8 Å². The zero-order chi connectivity index (χ0) is 14.7. The Bertz CT molecular complexity index is 648. The molecule has 0 bridgehead atoms. The van der Waals surface area contributed by atoms with E-state index in [1.54, 1.807) is 12.3 Å². The minimum absolute atomic E-state index is 0.309. The third kappa shape index (κ3) is 3.29. The number of aromatic nitrogens is 1. The van der Waals surface area contributed by atoms with Crippen molar-refractivity contribution in [3.8, 4) is 0 Å². The summed E-state index contributed by atoms with van der Waals surface area (Å²) in [6.45, 7) is 4.02. The van der Waals surface area contributed by atoms with Gasteiger partial charge in [0.2, 0.25) is 0 Å². The molecule has 3 N–H and O–H groups in total. The van der Waals surface area contributed by atoms with Gasteiger partial charge < -0.3 is 4.98 Å². The van der Waals surface area contributed by atoms with Gasteiger partial charge in [0.05, 0.1) is 4.88 Å². The van der Waals surface area contributed by atoms with Gasteiger partial charge in [-0.25, -0.2) is 0 Å². The fraction of sp³-hybridized carbons (Fsp3) is 0.231. The van der Waals surface area contributed by atoms with Crippen molar-refractivity contribution in [2.75, 3.05) is 0 Å². The number of aromatic amines is 1. The number of hydrogen-bond acceptors (Lipinski definition) is 3. The predicted molar refractivity (Wildman–Crippen MR) is 81.9 cm³/mol. The molecule has 0 spiro atoms. The molecule has 5 nitrogen and oxygen atoms in total. The summed E-state index contributed by atoms with van der Waals surface area (Å²) in [6, 6.07) is 3.48. The van der Waals surface area contributed by atoms with E-state index in [1.165, 1.54) is 11.3 Å². The van der Waals surface area contributed by atoms with Gasteiger partial charge in [0.25, 0.3) is 11.8 Å². The third-order valence-corrected chi connectivity index (χ3v) is 4.36. The smallest absolute Gasteiger partial charge is 0.286 e. The van der Waals surface area contributed by atoms with E-state index in [0.717, 1.165) is 21.3 Å². The van der Waals surface area contributed by atoms with E-state index >= 15 is 0 Å². The first kappa shape index (κ1) is 14.8. The highest BCUT2D eigenvalue weighted by Crippen LogP contribution is 2.21. The van der Waals surface area contributed by atoms with Gasteiger partial charge in [-0.2, -0.15) is 0 Å². The van der Waals surface area contributed by atoms with Crippen LogP contribution in [0.2, 0.25) is 0 Å². The Kier molecular flexibility index (Phi) is 4.61. The minimum atomic E-state index is -0.395. The lowest BCUT2D eigenvalue weighted by Gasteiger charge is -2.04. The Morgan fingerprint density at radius 2 is 2.00 bits per heavy atom. The maximum atomic E-state index is 11.9. The molecule has 7 heteroatoms. The van der Waals surface area contributed by atoms with E-state index in [2.05, 4.69) is 31.8 Å². The quantitative estimate of drug-likeness (QED) is 0.740. The van der Waals surface area contributed by atoms with Crippen molar-refractivity contribution < 1.29 is 9.59 Å². The van der Waals surface area contributed by atoms with E-state index in [1.807, 2.05) is 19.9 Å². The van der Waals surface area contributed by atoms with Gasteiger partial charge >= 0.3 is 0 Å². The number of hydrazine groups is 1. The number of carbonyl (C=O) groups excluding carboxylic acids is 2. The number of nitrogens with one attached hydrogen (secondary N) is 3. The van der Waals surface area contributed by atoms with Gasteiger partial charge in [0, 0.05) is 15.5 Å². The molecule has 0 saturated carbocycles. The molecule has 0 fully saturated rings. The predicted octanol–water partition coefficient (Wildman–Crippen LogP) is 2.78. The number of H-pyrrole nitrogens is 1. The number of amides is 2. The van der Waals surface area contributed by atoms with Crippen molar-refractivity contribution in [1.82, 2.24) is 15.8 Å². The first-order valence-corrected chi connectivity index (χ1v) is 7.66. The Morgan fingerprint density at radius 1 is 1.30 bits per heavy atom. The fourth-order valence-corrected chi connectivity index (χ4v) is 3.08. The number of carbonyl (C=O) groups is 2. The second-order valence-electron chi connectivity index (χ2n) is 4.19. The van der Waals surface area contributed by atoms with Crippen molar-refractivity contribution in [3.05, 3.63) is 43.8 Å². The van der Waals surface area contributed by atoms with Crippen LogP contribution in [-0.2, 0) is 6.42 Å². The van der Waals surface area contributed by atoms with Crippen LogP contribution in [0.25, 0.3) is 0 Å². The fourth-order valence-electron chi connectivity index (χ4n) is 1.72. The van der Waals surface area contributed by atoms with Crippen LogP contribution in [-0.4, -0.2) is 16.8 Å². The molecule has 0 atom stereocenters. The zero-order valence-electron chi connectivity index (χ0n) is 11.0. The maximum Gasteiger partial charge on any atom is 0.286 e. The third-order valence-electron chi connectivity index (χ3n) is 2.81. The molecule has 0 unspecified atom stereocenters. The monoisotopic (exact) mass is 355 g/mol. The molecule has 0 aromatic carbocycles. The summed E-state index contributed by atoms with van der Waals surface area (Å²) in [6.07, 6.45) is 2.53. The van der Waals surface area contributed by atoms with E-state index in [-0.39, 0.29) is 5.91 Å². The highest BCUT2D eigenvalue weighted by atomic mass is 79.9. The van der Waals surface area contributed by atoms with Gasteiger partial charge in [-0.15, -0.1) is 11.3 Å². The van der Waals surface area contributed by atoms with E-state index in [4.69, 9.17) is 0 Å². The van der Waals surface area contributed by atoms with E-state index in [9.17, 15) is 9.59 Å². The van der Waals surface area contributed by atoms with E-state index in [0.29, 0.717) is 10.6 Å². The summed E-state index contributed by atoms with van der Waals surface area (Å²) in [7, 11) is 0. The first-order chi connectivity index (χ1) is 9.51. The Labute approximate surface area is 128 Å². The normalized spacial score (nSPS) is 10.3. The number of hydrogen-bond donors (Lipinski definition) is 3. The largest absolute Gasteiger partial charge is 0.356 e. The lowest BCUT2D eigenvalue weighted by molar-refractivity contribution is 0.0846. The topological polar surface area (TPSA) is 74.0 Å². The summed E-state index contributed by atoms with van der Waals surface area (Å²) in [4.78, 5) is 28.2. The van der Waals surface area contributed by atoms with Crippen LogP contribution in [0.4, 0.5) is 0 Å².